The first kappa shape index (κ1) is 21.4. The van der Waals surface area contributed by atoms with E-state index in [0.717, 1.165) is 0 Å². The lowest BCUT2D eigenvalue weighted by molar-refractivity contribution is -0.179. The van der Waals surface area contributed by atoms with Crippen molar-refractivity contribution in [3.8, 4) is 0 Å². The number of Topliss-reactive ketones (excluding diaryl/α,β-unsaturated/α-hetero) is 1. The first-order valence-corrected chi connectivity index (χ1v) is 10.7. The van der Waals surface area contributed by atoms with Crippen molar-refractivity contribution in [2.24, 2.45) is 28.6 Å². The maximum Gasteiger partial charge on any atom is 0.303 e. The molecule has 0 aromatic carbocycles. The predicted octanol–water partition coefficient (Wildman–Crippen LogP) is 2.38. The lowest BCUT2D eigenvalue weighted by atomic mass is 9.46. The lowest BCUT2D eigenvalue weighted by Gasteiger charge is -2.60. The molecule has 0 bridgehead atoms. The SMILES string of the molecule is C[C@]12C=CC(=O)C=C1[C@@H](F)C[C@@H]1[C@@H]2[C@@H](O)C[C@@]2(C)[C@H]1CC[C@]2(O)C(=O)CCC(=O)O. The Morgan fingerprint density at radius 2 is 1.97 bits per heavy atom. The van der Waals surface area contributed by atoms with E-state index in [1.807, 2.05) is 6.92 Å². The van der Waals surface area contributed by atoms with Crippen LogP contribution in [-0.2, 0) is 14.4 Å². The van der Waals surface area contributed by atoms with Crippen LogP contribution in [0.3, 0.4) is 0 Å². The first-order valence-electron chi connectivity index (χ1n) is 10.7. The average molecular weight is 420 g/mol. The topological polar surface area (TPSA) is 112 Å². The van der Waals surface area contributed by atoms with Gasteiger partial charge in [-0.15, -0.1) is 0 Å². The van der Waals surface area contributed by atoms with Gasteiger partial charge in [-0.25, -0.2) is 4.39 Å². The van der Waals surface area contributed by atoms with Gasteiger partial charge in [-0.3, -0.25) is 14.4 Å². The van der Waals surface area contributed by atoms with Crippen molar-refractivity contribution in [3.05, 3.63) is 23.8 Å². The standard InChI is InChI=1S/C23H29FO6/c1-21-7-5-12(25)9-15(21)16(24)10-13-14-6-8-23(30,18(27)3-4-19(28)29)22(14,2)11-17(26)20(13)21/h5,7,9,13-14,16-17,20,26,30H,3-4,6,8,10-11H2,1-2H3,(H,28,29)/t13-,14-,16-,17-,20+,21-,22-,23-/m0/s1. The number of carboxylic acids is 1. The number of rotatable bonds is 4. The van der Waals surface area contributed by atoms with E-state index in [-0.39, 0.29) is 55.6 Å². The van der Waals surface area contributed by atoms with Crippen molar-refractivity contribution in [2.45, 2.75) is 70.2 Å². The van der Waals surface area contributed by atoms with Gasteiger partial charge in [0.25, 0.3) is 0 Å². The van der Waals surface area contributed by atoms with Gasteiger partial charge in [-0.1, -0.05) is 19.9 Å². The number of halogens is 1. The lowest BCUT2D eigenvalue weighted by Crippen LogP contribution is -2.62. The summed E-state index contributed by atoms with van der Waals surface area (Å²) in [6.45, 7) is 3.64. The van der Waals surface area contributed by atoms with E-state index in [1.165, 1.54) is 12.2 Å². The molecule has 0 aromatic heterocycles. The van der Waals surface area contributed by atoms with E-state index in [4.69, 9.17) is 5.11 Å². The van der Waals surface area contributed by atoms with Crippen LogP contribution in [0.15, 0.2) is 23.8 Å². The van der Waals surface area contributed by atoms with Gasteiger partial charge in [-0.05, 0) is 55.2 Å². The molecule has 4 aliphatic rings. The molecule has 164 valence electrons. The van der Waals surface area contributed by atoms with Crippen LogP contribution >= 0.6 is 0 Å². The van der Waals surface area contributed by atoms with Gasteiger partial charge >= 0.3 is 5.97 Å². The molecular weight excluding hydrogens is 391 g/mol. The summed E-state index contributed by atoms with van der Waals surface area (Å²) in [4.78, 5) is 35.6. The third-order valence-corrected chi connectivity index (χ3v) is 8.66. The summed E-state index contributed by atoms with van der Waals surface area (Å²) in [5, 5.41) is 31.6. The molecule has 7 heteroatoms. The quantitative estimate of drug-likeness (QED) is 0.644. The largest absolute Gasteiger partial charge is 0.481 e. The summed E-state index contributed by atoms with van der Waals surface area (Å²) in [6.07, 6.45) is 2.69. The maximum absolute atomic E-state index is 15.2. The number of aliphatic hydroxyl groups excluding tert-OH is 1. The fourth-order valence-corrected chi connectivity index (χ4v) is 7.23. The molecule has 0 amide bonds. The number of aliphatic carboxylic acids is 1. The highest BCUT2D eigenvalue weighted by Crippen LogP contribution is 2.67. The van der Waals surface area contributed by atoms with Crippen LogP contribution in [0.4, 0.5) is 4.39 Å². The van der Waals surface area contributed by atoms with Gasteiger partial charge in [0.15, 0.2) is 11.6 Å². The molecule has 3 N–H and O–H groups in total. The van der Waals surface area contributed by atoms with Gasteiger partial charge in [0.05, 0.1) is 12.5 Å². The highest BCUT2D eigenvalue weighted by Gasteiger charge is 2.68. The van der Waals surface area contributed by atoms with Gasteiger partial charge in [0, 0.05) is 23.2 Å². The zero-order chi connectivity index (χ0) is 22.1. The van der Waals surface area contributed by atoms with E-state index < -0.39 is 40.5 Å². The molecule has 4 rings (SSSR count). The summed E-state index contributed by atoms with van der Waals surface area (Å²) in [5.74, 6) is -2.60. The number of carbonyl (C=O) groups is 3. The average Bonchev–Trinajstić information content (AvgIpc) is 2.93. The molecule has 4 aliphatic carbocycles. The molecule has 6 nitrogen and oxygen atoms in total. The van der Waals surface area contributed by atoms with Crippen molar-refractivity contribution < 1.29 is 34.1 Å². The monoisotopic (exact) mass is 420 g/mol. The van der Waals surface area contributed by atoms with Crippen LogP contribution in [0.25, 0.3) is 0 Å². The minimum absolute atomic E-state index is 0.143. The van der Waals surface area contributed by atoms with Crippen molar-refractivity contribution in [1.29, 1.82) is 0 Å². The Bertz CT molecular complexity index is 864. The van der Waals surface area contributed by atoms with Gasteiger partial charge in [-0.2, -0.15) is 0 Å². The van der Waals surface area contributed by atoms with Crippen LogP contribution in [0.1, 0.15) is 52.4 Å². The van der Waals surface area contributed by atoms with Gasteiger partial charge < -0.3 is 15.3 Å². The second-order valence-corrected chi connectivity index (χ2v) is 10.0. The van der Waals surface area contributed by atoms with Gasteiger partial charge in [0.1, 0.15) is 11.8 Å². The Hall–Kier alpha value is -1.86. The zero-order valence-electron chi connectivity index (χ0n) is 17.3. The number of ketones is 2. The normalized spacial score (nSPS) is 47.2. The molecule has 0 spiro atoms. The summed E-state index contributed by atoms with van der Waals surface area (Å²) in [6, 6.07) is 0. The minimum Gasteiger partial charge on any atom is -0.481 e. The second kappa shape index (κ2) is 6.82. The molecule has 30 heavy (non-hydrogen) atoms. The van der Waals surface area contributed by atoms with Crippen LogP contribution in [0.2, 0.25) is 0 Å². The number of hydrogen-bond acceptors (Lipinski definition) is 5. The Labute approximate surface area is 174 Å². The maximum atomic E-state index is 15.2. The molecule has 8 atom stereocenters. The number of fused-ring (bicyclic) bond motifs is 5. The number of allylic oxidation sites excluding steroid dienone is 4. The van der Waals surface area contributed by atoms with Crippen molar-refractivity contribution in [2.75, 3.05) is 0 Å². The van der Waals surface area contributed by atoms with E-state index >= 15 is 4.39 Å². The van der Waals surface area contributed by atoms with Crippen LogP contribution in [0, 0.1) is 28.6 Å². The number of carboxylic acid groups (broad SMARTS) is 1. The molecule has 0 unspecified atom stereocenters. The Kier molecular flexibility index (Phi) is 4.86. The Morgan fingerprint density at radius 1 is 1.27 bits per heavy atom. The van der Waals surface area contributed by atoms with Crippen molar-refractivity contribution >= 4 is 17.5 Å². The summed E-state index contributed by atoms with van der Waals surface area (Å²) >= 11 is 0. The molecule has 3 fully saturated rings. The fourth-order valence-electron chi connectivity index (χ4n) is 7.23. The van der Waals surface area contributed by atoms with E-state index in [1.54, 1.807) is 13.0 Å². The smallest absolute Gasteiger partial charge is 0.303 e. The third kappa shape index (κ3) is 2.78. The van der Waals surface area contributed by atoms with Crippen LogP contribution in [0.5, 0.6) is 0 Å². The predicted molar refractivity (Wildman–Crippen MR) is 105 cm³/mol. The summed E-state index contributed by atoms with van der Waals surface area (Å²) < 4.78 is 15.2. The third-order valence-electron chi connectivity index (χ3n) is 8.66. The molecule has 0 aromatic rings. The summed E-state index contributed by atoms with van der Waals surface area (Å²) in [5.41, 5.74) is -3.05. The second-order valence-electron chi connectivity index (χ2n) is 10.0. The molecule has 0 aliphatic heterocycles. The van der Waals surface area contributed by atoms with Crippen molar-refractivity contribution in [3.63, 3.8) is 0 Å². The molecule has 0 saturated heterocycles. The van der Waals surface area contributed by atoms with Crippen LogP contribution < -0.4 is 0 Å². The molecule has 0 heterocycles. The molecule has 3 saturated carbocycles. The number of carbonyl (C=O) groups excluding carboxylic acids is 2. The van der Waals surface area contributed by atoms with Crippen LogP contribution in [-0.4, -0.2) is 50.7 Å². The number of hydrogen-bond donors (Lipinski definition) is 3. The number of alkyl halides is 1. The van der Waals surface area contributed by atoms with Crippen molar-refractivity contribution in [1.82, 2.24) is 0 Å². The zero-order valence-corrected chi connectivity index (χ0v) is 17.3. The first-order chi connectivity index (χ1) is 13.9. The van der Waals surface area contributed by atoms with E-state index in [2.05, 4.69) is 0 Å². The fraction of sp³-hybridized carbons (Fsp3) is 0.696. The highest BCUT2D eigenvalue weighted by atomic mass is 19.1. The minimum atomic E-state index is -1.72. The molecular formula is C23H29FO6. The Morgan fingerprint density at radius 3 is 2.63 bits per heavy atom. The van der Waals surface area contributed by atoms with Gasteiger partial charge in [0.2, 0.25) is 0 Å². The highest BCUT2D eigenvalue weighted by molar-refractivity contribution is 6.01. The van der Waals surface area contributed by atoms with E-state index in [9.17, 15) is 24.6 Å². The summed E-state index contributed by atoms with van der Waals surface area (Å²) in [7, 11) is 0. The van der Waals surface area contributed by atoms with E-state index in [0.29, 0.717) is 12.0 Å². The number of aliphatic hydroxyl groups is 2. The molecule has 0 radical (unpaired) electrons. The Balaban J connectivity index is 1.70.